The minimum atomic E-state index is -0.603. The molecule has 5 amide bonds. The van der Waals surface area contributed by atoms with Gasteiger partial charge in [-0.05, 0) is 80.8 Å². The number of amides is 5. The van der Waals surface area contributed by atoms with E-state index in [9.17, 15) is 14.4 Å². The summed E-state index contributed by atoms with van der Waals surface area (Å²) in [5.74, 6) is 0. The first-order chi connectivity index (χ1) is 23.1. The van der Waals surface area contributed by atoms with E-state index < -0.39 is 11.8 Å². The zero-order valence-electron chi connectivity index (χ0n) is 28.0. The Labute approximate surface area is 281 Å². The number of benzene rings is 2. The van der Waals surface area contributed by atoms with Crippen LogP contribution in [0.2, 0.25) is 0 Å². The fourth-order valence-corrected chi connectivity index (χ4v) is 8.32. The highest BCUT2D eigenvalue weighted by atomic mass is 16.6. The molecule has 3 fully saturated rings. The highest BCUT2D eigenvalue weighted by Gasteiger charge is 2.49. The van der Waals surface area contributed by atoms with Crippen LogP contribution in [0, 0.1) is 0 Å². The third kappa shape index (κ3) is 5.81. The van der Waals surface area contributed by atoms with Gasteiger partial charge in [0, 0.05) is 57.4 Å². The molecule has 48 heavy (non-hydrogen) atoms. The highest BCUT2D eigenvalue weighted by Crippen LogP contribution is 2.40. The number of piperidine rings is 2. The van der Waals surface area contributed by atoms with Crippen molar-refractivity contribution in [3.63, 3.8) is 0 Å². The summed E-state index contributed by atoms with van der Waals surface area (Å²) >= 11 is 0. The van der Waals surface area contributed by atoms with Crippen LogP contribution in [0.4, 0.5) is 25.8 Å². The molecule has 256 valence electrons. The van der Waals surface area contributed by atoms with Crippen molar-refractivity contribution in [3.05, 3.63) is 58.7 Å². The molecule has 13 heteroatoms. The van der Waals surface area contributed by atoms with Gasteiger partial charge in [-0.1, -0.05) is 24.3 Å². The summed E-state index contributed by atoms with van der Waals surface area (Å²) in [6.45, 7) is 9.23. The molecule has 6 heterocycles. The fourth-order valence-electron chi connectivity index (χ4n) is 8.32. The Morgan fingerprint density at radius 2 is 1.77 bits per heavy atom. The van der Waals surface area contributed by atoms with E-state index in [4.69, 9.17) is 9.47 Å². The predicted molar refractivity (Wildman–Crippen MR) is 179 cm³/mol. The van der Waals surface area contributed by atoms with Gasteiger partial charge in [0.15, 0.2) is 0 Å². The number of carbonyl (C=O) groups excluding carboxylic acids is 3. The molecule has 0 radical (unpaired) electrons. The number of fused-ring (bicyclic) bond motifs is 8. The van der Waals surface area contributed by atoms with Gasteiger partial charge < -0.3 is 35.3 Å². The van der Waals surface area contributed by atoms with Crippen LogP contribution in [0.15, 0.2) is 36.4 Å². The van der Waals surface area contributed by atoms with E-state index in [1.807, 2.05) is 59.7 Å². The molecule has 3 saturated heterocycles. The maximum Gasteiger partial charge on any atom is 0.411 e. The van der Waals surface area contributed by atoms with Crippen molar-refractivity contribution in [2.75, 3.05) is 30.4 Å². The Morgan fingerprint density at radius 3 is 2.58 bits per heavy atom. The Kier molecular flexibility index (Phi) is 7.88. The lowest BCUT2D eigenvalue weighted by atomic mass is 9.96. The SMILES string of the molecule is CC(C)(C)OC(=O)N1CCC2CC1N1Cc3c(ccc4c3CNN4)CC(NC(=O)N3CCC(N4Cc5ccccc5NC4=O)CC3)C1O2. The Bertz CT molecular complexity index is 1600. The molecule has 4 unspecified atom stereocenters. The van der Waals surface area contributed by atoms with E-state index in [2.05, 4.69) is 38.5 Å². The van der Waals surface area contributed by atoms with Crippen molar-refractivity contribution in [2.24, 2.45) is 0 Å². The molecular formula is C35H46N8O5. The molecule has 2 bridgehead atoms. The zero-order valence-corrected chi connectivity index (χ0v) is 28.0. The summed E-state index contributed by atoms with van der Waals surface area (Å²) in [6.07, 6.45) is 2.50. The summed E-state index contributed by atoms with van der Waals surface area (Å²) in [5, 5.41) is 6.41. The van der Waals surface area contributed by atoms with Crippen LogP contribution in [0.5, 0.6) is 0 Å². The molecular weight excluding hydrogens is 612 g/mol. The van der Waals surface area contributed by atoms with Crippen LogP contribution in [0.1, 0.15) is 68.7 Å². The number of hydrazine groups is 1. The predicted octanol–water partition coefficient (Wildman–Crippen LogP) is 4.15. The van der Waals surface area contributed by atoms with Crippen LogP contribution in [-0.4, -0.2) is 93.6 Å². The number of anilines is 2. The molecule has 4 atom stereocenters. The van der Waals surface area contributed by atoms with Crippen LogP contribution in [0.25, 0.3) is 0 Å². The minimum Gasteiger partial charge on any atom is -0.444 e. The van der Waals surface area contributed by atoms with Gasteiger partial charge >= 0.3 is 18.2 Å². The molecule has 8 rings (SSSR count). The monoisotopic (exact) mass is 658 g/mol. The van der Waals surface area contributed by atoms with Crippen molar-refractivity contribution in [3.8, 4) is 0 Å². The number of likely N-dealkylation sites (tertiary alicyclic amines) is 2. The summed E-state index contributed by atoms with van der Waals surface area (Å²) < 4.78 is 12.7. The maximum atomic E-state index is 14.0. The van der Waals surface area contributed by atoms with Crippen molar-refractivity contribution < 1.29 is 23.9 Å². The first-order valence-electron chi connectivity index (χ1n) is 17.4. The van der Waals surface area contributed by atoms with Crippen LogP contribution >= 0.6 is 0 Å². The van der Waals surface area contributed by atoms with Crippen molar-refractivity contribution >= 4 is 29.5 Å². The molecule has 6 aliphatic rings. The van der Waals surface area contributed by atoms with Gasteiger partial charge in [-0.2, -0.15) is 0 Å². The fraction of sp³-hybridized carbons (Fsp3) is 0.571. The Hall–Kier alpha value is -4.07. The zero-order chi connectivity index (χ0) is 33.2. The van der Waals surface area contributed by atoms with Gasteiger partial charge in [0.2, 0.25) is 0 Å². The second-order valence-electron chi connectivity index (χ2n) is 14.9. The van der Waals surface area contributed by atoms with E-state index in [0.717, 1.165) is 23.4 Å². The van der Waals surface area contributed by atoms with Crippen LogP contribution in [-0.2, 0) is 35.5 Å². The molecule has 0 aromatic heterocycles. The lowest BCUT2D eigenvalue weighted by Gasteiger charge is -2.53. The topological polar surface area (TPSA) is 131 Å². The second kappa shape index (κ2) is 12.1. The lowest BCUT2D eigenvalue weighted by Crippen LogP contribution is -2.68. The molecule has 0 saturated carbocycles. The van der Waals surface area contributed by atoms with Gasteiger partial charge in [-0.3, -0.25) is 9.80 Å². The smallest absolute Gasteiger partial charge is 0.411 e. The normalized spacial score (nSPS) is 27.1. The Morgan fingerprint density at radius 1 is 0.958 bits per heavy atom. The lowest BCUT2D eigenvalue weighted by molar-refractivity contribution is -0.222. The number of urea groups is 2. The summed E-state index contributed by atoms with van der Waals surface area (Å²) in [4.78, 5) is 48.4. The number of nitrogens with zero attached hydrogens (tertiary/aromatic N) is 4. The van der Waals surface area contributed by atoms with Gasteiger partial charge in [-0.25, -0.2) is 19.8 Å². The van der Waals surface area contributed by atoms with E-state index in [1.54, 1.807) is 0 Å². The van der Waals surface area contributed by atoms with Crippen LogP contribution in [0.3, 0.4) is 0 Å². The largest absolute Gasteiger partial charge is 0.444 e. The van der Waals surface area contributed by atoms with Gasteiger partial charge in [0.25, 0.3) is 0 Å². The average Bonchev–Trinajstić information content (AvgIpc) is 3.49. The average molecular weight is 659 g/mol. The number of ether oxygens (including phenoxy) is 2. The Balaban J connectivity index is 1.01. The number of nitrogens with one attached hydrogen (secondary N) is 4. The van der Waals surface area contributed by atoms with Gasteiger partial charge in [0.05, 0.1) is 24.0 Å². The number of para-hydroxylation sites is 1. The molecule has 6 aliphatic heterocycles. The molecule has 0 spiro atoms. The van der Waals surface area contributed by atoms with Gasteiger partial charge in [-0.15, -0.1) is 0 Å². The first-order valence-corrected chi connectivity index (χ1v) is 17.4. The molecule has 4 N–H and O–H groups in total. The molecule has 13 nitrogen and oxygen atoms in total. The summed E-state index contributed by atoms with van der Waals surface area (Å²) in [7, 11) is 0. The highest BCUT2D eigenvalue weighted by molar-refractivity contribution is 5.92. The van der Waals surface area contributed by atoms with E-state index >= 15 is 0 Å². The van der Waals surface area contributed by atoms with E-state index in [-0.39, 0.29) is 42.5 Å². The van der Waals surface area contributed by atoms with E-state index in [0.29, 0.717) is 65.0 Å². The van der Waals surface area contributed by atoms with Gasteiger partial charge in [0.1, 0.15) is 11.8 Å². The standard InChI is InChI=1S/C35H46N8O5/c1-35(2,3)48-34(46)41-15-12-24-17-30(41)43-20-26-21(8-9-28-25(26)18-36-39-28)16-29(31(43)47-24)38-32(44)40-13-10-23(11-14-40)42-19-22-6-4-5-7-27(22)37-33(42)45/h4-9,23-24,29-31,36,39H,10-20H2,1-3H3,(H,37,45)(H,38,44). The van der Waals surface area contributed by atoms with Crippen molar-refractivity contribution in [2.45, 2.75) is 109 Å². The number of hydrogen-bond acceptors (Lipinski definition) is 8. The molecule has 2 aromatic carbocycles. The van der Waals surface area contributed by atoms with Crippen LogP contribution < -0.4 is 21.5 Å². The quantitative estimate of drug-likeness (QED) is 0.379. The number of rotatable bonds is 2. The number of hydrogen-bond donors (Lipinski definition) is 4. The molecule has 0 aliphatic carbocycles. The second-order valence-corrected chi connectivity index (χ2v) is 14.9. The van der Waals surface area contributed by atoms with Crippen molar-refractivity contribution in [1.82, 2.24) is 30.3 Å². The van der Waals surface area contributed by atoms with E-state index in [1.165, 1.54) is 16.7 Å². The summed E-state index contributed by atoms with van der Waals surface area (Å²) in [6, 6.07) is 11.7. The first kappa shape index (κ1) is 31.2. The van der Waals surface area contributed by atoms with Crippen molar-refractivity contribution in [1.29, 1.82) is 0 Å². The third-order valence-electron chi connectivity index (χ3n) is 10.7. The summed E-state index contributed by atoms with van der Waals surface area (Å²) in [5.41, 5.74) is 12.6. The molecule has 2 aromatic rings. The third-order valence-corrected chi connectivity index (χ3v) is 10.7. The minimum absolute atomic E-state index is 0.0128. The maximum absolute atomic E-state index is 14.0. The number of carbonyl (C=O) groups is 3.